The number of nitrogens with one attached hydrogen (secondary N) is 1. The molecule has 1 N–H and O–H groups in total. The van der Waals surface area contributed by atoms with E-state index in [2.05, 4.69) is 5.32 Å². The Bertz CT molecular complexity index is 670. The van der Waals surface area contributed by atoms with Gasteiger partial charge in [0.2, 0.25) is 5.78 Å². The highest BCUT2D eigenvalue weighted by atomic mass is 16.3. The maximum absolute atomic E-state index is 12.1. The van der Waals surface area contributed by atoms with Crippen molar-refractivity contribution >= 4 is 11.7 Å². The lowest BCUT2D eigenvalue weighted by Gasteiger charge is -2.22. The van der Waals surface area contributed by atoms with E-state index < -0.39 is 11.7 Å². The lowest BCUT2D eigenvalue weighted by Crippen LogP contribution is -2.35. The van der Waals surface area contributed by atoms with Crippen LogP contribution in [0.3, 0.4) is 0 Å². The van der Waals surface area contributed by atoms with Gasteiger partial charge in [-0.3, -0.25) is 9.59 Å². The van der Waals surface area contributed by atoms with Gasteiger partial charge in [0.15, 0.2) is 0 Å². The molecule has 4 heteroatoms. The van der Waals surface area contributed by atoms with Gasteiger partial charge in [0.05, 0.1) is 12.3 Å². The van der Waals surface area contributed by atoms with E-state index in [9.17, 15) is 9.59 Å². The summed E-state index contributed by atoms with van der Waals surface area (Å²) < 4.78 is 5.39. The minimum absolute atomic E-state index is 0.130. The van der Waals surface area contributed by atoms with Crippen molar-refractivity contribution in [3.05, 3.63) is 59.0 Å². The van der Waals surface area contributed by atoms with Crippen molar-refractivity contribution in [1.29, 1.82) is 0 Å². The average molecular weight is 283 g/mol. The highest BCUT2D eigenvalue weighted by Crippen LogP contribution is 2.30. The van der Waals surface area contributed by atoms with Gasteiger partial charge >= 0.3 is 0 Å². The Balaban J connectivity index is 1.73. The van der Waals surface area contributed by atoms with Crippen LogP contribution in [0.1, 0.15) is 46.1 Å². The lowest BCUT2D eigenvalue weighted by atomic mass is 9.93. The Kier molecular flexibility index (Phi) is 3.60. The van der Waals surface area contributed by atoms with Crippen LogP contribution in [0.15, 0.2) is 41.0 Å². The van der Waals surface area contributed by atoms with Gasteiger partial charge in [-0.05, 0) is 25.8 Å². The van der Waals surface area contributed by atoms with Crippen molar-refractivity contribution in [3.8, 4) is 0 Å². The monoisotopic (exact) mass is 283 g/mol. The molecular weight excluding hydrogens is 266 g/mol. The van der Waals surface area contributed by atoms with Crippen LogP contribution < -0.4 is 5.32 Å². The number of fused-ring (bicyclic) bond motifs is 1. The molecule has 1 aromatic carbocycles. The van der Waals surface area contributed by atoms with Gasteiger partial charge < -0.3 is 9.73 Å². The molecule has 3 rings (SSSR count). The number of furan rings is 1. The third kappa shape index (κ3) is 2.75. The van der Waals surface area contributed by atoms with Gasteiger partial charge in [0.25, 0.3) is 5.91 Å². The number of hydrogen-bond acceptors (Lipinski definition) is 3. The Morgan fingerprint density at radius 2 is 1.95 bits per heavy atom. The van der Waals surface area contributed by atoms with Crippen LogP contribution in [-0.4, -0.2) is 11.7 Å². The Labute approximate surface area is 123 Å². The van der Waals surface area contributed by atoms with Crippen LogP contribution in [0.25, 0.3) is 0 Å². The van der Waals surface area contributed by atoms with Crippen LogP contribution >= 0.6 is 0 Å². The molecule has 21 heavy (non-hydrogen) atoms. The number of ketones is 1. The third-order valence-corrected chi connectivity index (χ3v) is 3.88. The second-order valence-corrected chi connectivity index (χ2v) is 5.41. The van der Waals surface area contributed by atoms with E-state index in [1.54, 1.807) is 18.4 Å². The number of rotatable bonds is 3. The average Bonchev–Trinajstić information content (AvgIpc) is 2.97. The molecule has 1 amide bonds. The highest BCUT2D eigenvalue weighted by Gasteiger charge is 2.26. The largest absolute Gasteiger partial charge is 0.469 e. The summed E-state index contributed by atoms with van der Waals surface area (Å²) in [6, 6.07) is 8.76. The molecule has 4 nitrogen and oxygen atoms in total. The van der Waals surface area contributed by atoms with Gasteiger partial charge in [0.1, 0.15) is 5.76 Å². The van der Waals surface area contributed by atoms with Gasteiger partial charge in [-0.1, -0.05) is 29.8 Å². The summed E-state index contributed by atoms with van der Waals surface area (Å²) in [5.74, 6) is -0.141. The first kappa shape index (κ1) is 13.6. The molecule has 1 heterocycles. The molecule has 2 aromatic rings. The van der Waals surface area contributed by atoms with Gasteiger partial charge in [-0.2, -0.15) is 0 Å². The normalized spacial score (nSPS) is 17.1. The Morgan fingerprint density at radius 1 is 1.19 bits per heavy atom. The SMILES string of the molecule is Cc1ccc(C(=O)C(=O)NC2CCCc3occc32)cc1. The van der Waals surface area contributed by atoms with E-state index in [4.69, 9.17) is 4.42 Å². The second kappa shape index (κ2) is 5.56. The first-order chi connectivity index (χ1) is 10.1. The predicted octanol–water partition coefficient (Wildman–Crippen LogP) is 2.96. The smallest absolute Gasteiger partial charge is 0.292 e. The van der Waals surface area contributed by atoms with E-state index >= 15 is 0 Å². The summed E-state index contributed by atoms with van der Waals surface area (Å²) in [5, 5.41) is 2.83. The fraction of sp³-hybridized carbons (Fsp3) is 0.294. The van der Waals surface area contributed by atoms with Crippen molar-refractivity contribution < 1.29 is 14.0 Å². The van der Waals surface area contributed by atoms with Crippen LogP contribution in [0.4, 0.5) is 0 Å². The molecule has 1 atom stereocenters. The third-order valence-electron chi connectivity index (χ3n) is 3.88. The van der Waals surface area contributed by atoms with Gasteiger partial charge in [0, 0.05) is 17.5 Å². The summed E-state index contributed by atoms with van der Waals surface area (Å²) >= 11 is 0. The molecule has 108 valence electrons. The molecule has 1 aliphatic rings. The van der Waals surface area contributed by atoms with E-state index in [1.807, 2.05) is 25.1 Å². The Hall–Kier alpha value is -2.36. The Morgan fingerprint density at radius 3 is 2.71 bits per heavy atom. The molecule has 0 spiro atoms. The molecule has 0 radical (unpaired) electrons. The van der Waals surface area contributed by atoms with E-state index in [-0.39, 0.29) is 6.04 Å². The number of carbonyl (C=O) groups excluding carboxylic acids is 2. The number of Topliss-reactive ketones (excluding diaryl/α,β-unsaturated/α-hetero) is 1. The topological polar surface area (TPSA) is 59.3 Å². The number of carbonyl (C=O) groups is 2. The van der Waals surface area contributed by atoms with Crippen LogP contribution in [0.5, 0.6) is 0 Å². The lowest BCUT2D eigenvalue weighted by molar-refractivity contribution is -0.117. The van der Waals surface area contributed by atoms with Gasteiger partial charge in [-0.25, -0.2) is 0 Å². The quantitative estimate of drug-likeness (QED) is 0.696. The second-order valence-electron chi connectivity index (χ2n) is 5.41. The number of amides is 1. The zero-order valence-corrected chi connectivity index (χ0v) is 11.9. The van der Waals surface area contributed by atoms with Crippen molar-refractivity contribution in [2.75, 3.05) is 0 Å². The minimum Gasteiger partial charge on any atom is -0.469 e. The predicted molar refractivity (Wildman–Crippen MR) is 78.0 cm³/mol. The molecule has 0 bridgehead atoms. The molecule has 1 unspecified atom stereocenters. The van der Waals surface area contributed by atoms with E-state index in [0.29, 0.717) is 5.56 Å². The summed E-state index contributed by atoms with van der Waals surface area (Å²) in [6.45, 7) is 1.94. The maximum atomic E-state index is 12.1. The molecule has 0 aliphatic heterocycles. The van der Waals surface area contributed by atoms with Gasteiger partial charge in [-0.15, -0.1) is 0 Å². The number of benzene rings is 1. The number of hydrogen-bond donors (Lipinski definition) is 1. The highest BCUT2D eigenvalue weighted by molar-refractivity contribution is 6.42. The molecular formula is C17H17NO3. The molecule has 0 fully saturated rings. The minimum atomic E-state index is -0.557. The summed E-state index contributed by atoms with van der Waals surface area (Å²) in [5.41, 5.74) is 2.47. The summed E-state index contributed by atoms with van der Waals surface area (Å²) in [4.78, 5) is 24.3. The van der Waals surface area contributed by atoms with Crippen LogP contribution in [0, 0.1) is 6.92 Å². The molecule has 1 aliphatic carbocycles. The standard InChI is InChI=1S/C17H17NO3/c1-11-5-7-12(8-6-11)16(19)17(20)18-14-3-2-4-15-13(14)9-10-21-15/h5-10,14H,2-4H2,1H3,(H,18,20). The molecule has 0 saturated carbocycles. The van der Waals surface area contributed by atoms with Crippen molar-refractivity contribution in [3.63, 3.8) is 0 Å². The number of aryl methyl sites for hydroxylation is 2. The van der Waals surface area contributed by atoms with Crippen molar-refractivity contribution in [2.45, 2.75) is 32.2 Å². The van der Waals surface area contributed by atoms with Crippen LogP contribution in [-0.2, 0) is 11.2 Å². The van der Waals surface area contributed by atoms with E-state index in [0.717, 1.165) is 36.1 Å². The molecule has 1 aromatic heterocycles. The van der Waals surface area contributed by atoms with Crippen molar-refractivity contribution in [1.82, 2.24) is 5.32 Å². The maximum Gasteiger partial charge on any atom is 0.292 e. The first-order valence-corrected chi connectivity index (χ1v) is 7.13. The fourth-order valence-electron chi connectivity index (χ4n) is 2.70. The fourth-order valence-corrected chi connectivity index (χ4v) is 2.70. The summed E-state index contributed by atoms with van der Waals surface area (Å²) in [7, 11) is 0. The first-order valence-electron chi connectivity index (χ1n) is 7.13. The zero-order valence-electron chi connectivity index (χ0n) is 11.9. The molecule has 0 saturated heterocycles. The zero-order chi connectivity index (χ0) is 14.8. The van der Waals surface area contributed by atoms with Crippen LogP contribution in [0.2, 0.25) is 0 Å². The summed E-state index contributed by atoms with van der Waals surface area (Å²) in [6.07, 6.45) is 4.31. The van der Waals surface area contributed by atoms with Crippen molar-refractivity contribution in [2.24, 2.45) is 0 Å². The van der Waals surface area contributed by atoms with E-state index in [1.165, 1.54) is 0 Å².